The van der Waals surface area contributed by atoms with Crippen molar-refractivity contribution in [3.8, 4) is 11.5 Å². The van der Waals surface area contributed by atoms with Crippen molar-refractivity contribution in [2.24, 2.45) is 35.5 Å². The molecule has 6 unspecified atom stereocenters. The summed E-state index contributed by atoms with van der Waals surface area (Å²) in [4.78, 5) is 0. The van der Waals surface area contributed by atoms with Crippen molar-refractivity contribution in [3.63, 3.8) is 0 Å². The Bertz CT molecular complexity index is 1100. The third-order valence-corrected chi connectivity index (χ3v) is 12.5. The molecule has 0 heterocycles. The van der Waals surface area contributed by atoms with Crippen LogP contribution in [0.4, 0.5) is 0 Å². The summed E-state index contributed by atoms with van der Waals surface area (Å²) in [6.07, 6.45) is 20.7. The lowest BCUT2D eigenvalue weighted by Gasteiger charge is -2.24. The van der Waals surface area contributed by atoms with Crippen molar-refractivity contribution in [2.45, 2.75) is 157 Å². The first-order valence-corrected chi connectivity index (χ1v) is 23.3. The van der Waals surface area contributed by atoms with Crippen molar-refractivity contribution in [1.29, 1.82) is 0 Å². The quantitative estimate of drug-likeness (QED) is 0.0769. The Kier molecular flexibility index (Phi) is 30.3. The Morgan fingerprint density at radius 1 is 0.462 bits per heavy atom. The second-order valence-corrected chi connectivity index (χ2v) is 16.7. The second-order valence-electron chi connectivity index (χ2n) is 15.1. The van der Waals surface area contributed by atoms with Gasteiger partial charge in [0.1, 0.15) is 11.5 Å². The Labute approximate surface area is 337 Å². The van der Waals surface area contributed by atoms with Crippen LogP contribution in [0.25, 0.3) is 0 Å². The number of ether oxygens (including phenoxy) is 2. The van der Waals surface area contributed by atoms with E-state index in [0.29, 0.717) is 11.8 Å². The van der Waals surface area contributed by atoms with E-state index in [1.54, 1.807) is 0 Å². The van der Waals surface area contributed by atoms with Crippen molar-refractivity contribution in [3.05, 3.63) is 59.7 Å². The molecule has 6 atom stereocenters. The monoisotopic (exact) mass is 852 g/mol. The number of hydrogen-bond donors (Lipinski definition) is 2. The Hall–Kier alpha value is -1.08. The summed E-state index contributed by atoms with van der Waals surface area (Å²) in [5.41, 5.74) is 1.79. The maximum Gasteiger partial charge on any atom is 0.119 e. The zero-order valence-electron chi connectivity index (χ0n) is 34.1. The van der Waals surface area contributed by atoms with Crippen LogP contribution in [0.2, 0.25) is 0 Å². The fourth-order valence-corrected chi connectivity index (χ4v) is 8.70. The molecule has 0 spiro atoms. The lowest BCUT2D eigenvalue weighted by Crippen LogP contribution is -2.14. The molecule has 0 fully saturated rings. The SMILES string of the molecule is CCC(CCBr)CCC(CC)CC(CC)CCBr.CCC(CCOc1cccc(CO)c1)CCC(CC)CC(CC)CCOc1cccc(CO)c1. The number of halogens is 2. The molecule has 0 aliphatic heterocycles. The molecule has 2 aromatic rings. The predicted molar refractivity (Wildman–Crippen MR) is 232 cm³/mol. The van der Waals surface area contributed by atoms with Gasteiger partial charge in [-0.2, -0.15) is 0 Å². The molecule has 2 rings (SSSR count). The highest BCUT2D eigenvalue weighted by Crippen LogP contribution is 2.30. The van der Waals surface area contributed by atoms with Gasteiger partial charge in [-0.15, -0.1) is 0 Å². The molecule has 0 aliphatic rings. The number of aliphatic hydroxyl groups excluding tert-OH is 2. The molecule has 300 valence electrons. The zero-order valence-corrected chi connectivity index (χ0v) is 37.3. The summed E-state index contributed by atoms with van der Waals surface area (Å²) in [7, 11) is 0. The molecule has 0 saturated carbocycles. The van der Waals surface area contributed by atoms with E-state index >= 15 is 0 Å². The van der Waals surface area contributed by atoms with E-state index in [9.17, 15) is 10.2 Å². The molecule has 0 aliphatic carbocycles. The molecule has 0 amide bonds. The van der Waals surface area contributed by atoms with E-state index in [4.69, 9.17) is 9.47 Å². The Morgan fingerprint density at radius 3 is 1.17 bits per heavy atom. The number of hydrogen-bond acceptors (Lipinski definition) is 4. The van der Waals surface area contributed by atoms with E-state index in [-0.39, 0.29) is 13.2 Å². The molecule has 2 N–H and O–H groups in total. The van der Waals surface area contributed by atoms with Crippen LogP contribution in [0, 0.1) is 35.5 Å². The zero-order chi connectivity index (χ0) is 38.4. The number of rotatable bonds is 30. The second kappa shape index (κ2) is 32.2. The van der Waals surface area contributed by atoms with Crippen LogP contribution in [0.3, 0.4) is 0 Å². The standard InChI is InChI=1S/C30H46O4.C16H32Br2/c1-4-24(15-17-33-29-11-7-9-27(20-29)22-31)13-14-25(5-2)19-26(6-3)16-18-34-30-12-8-10-28(21-30)23-32;1-4-14(9-11-17)7-8-15(5-2)13-16(6-3)10-12-18/h7-12,20-21,24-26,31-32H,4-6,13-19,22-23H2,1-3H3;14-16H,4-13H2,1-3H3. The average molecular weight is 855 g/mol. The molecule has 2 aromatic carbocycles. The summed E-state index contributed by atoms with van der Waals surface area (Å²) >= 11 is 7.17. The van der Waals surface area contributed by atoms with E-state index in [0.717, 1.165) is 72.4 Å². The van der Waals surface area contributed by atoms with Crippen molar-refractivity contribution >= 4 is 31.9 Å². The van der Waals surface area contributed by atoms with E-state index in [1.807, 2.05) is 48.5 Å². The van der Waals surface area contributed by atoms with Crippen LogP contribution in [0.1, 0.15) is 155 Å². The molecule has 0 radical (unpaired) electrons. The van der Waals surface area contributed by atoms with Crippen LogP contribution in [-0.2, 0) is 13.2 Å². The largest absolute Gasteiger partial charge is 0.494 e. The number of alkyl halides is 2. The Morgan fingerprint density at radius 2 is 0.788 bits per heavy atom. The van der Waals surface area contributed by atoms with Gasteiger partial charge in [0.15, 0.2) is 0 Å². The van der Waals surface area contributed by atoms with Crippen LogP contribution >= 0.6 is 31.9 Å². The fraction of sp³-hybridized carbons (Fsp3) is 0.739. The topological polar surface area (TPSA) is 58.9 Å². The highest BCUT2D eigenvalue weighted by Gasteiger charge is 2.18. The van der Waals surface area contributed by atoms with Crippen molar-refractivity contribution in [1.82, 2.24) is 0 Å². The summed E-state index contributed by atoms with van der Waals surface area (Å²) < 4.78 is 11.9. The normalized spacial score (nSPS) is 14.8. The molecule has 0 saturated heterocycles. The minimum absolute atomic E-state index is 0.0503. The lowest BCUT2D eigenvalue weighted by molar-refractivity contribution is 0.229. The summed E-state index contributed by atoms with van der Waals surface area (Å²) in [6.45, 7) is 15.5. The molecule has 4 nitrogen and oxygen atoms in total. The van der Waals surface area contributed by atoms with Crippen LogP contribution in [-0.4, -0.2) is 34.1 Å². The summed E-state index contributed by atoms with van der Waals surface area (Å²) in [6, 6.07) is 15.5. The molecular formula is C46H78Br2O4. The smallest absolute Gasteiger partial charge is 0.119 e. The van der Waals surface area contributed by atoms with Gasteiger partial charge in [0, 0.05) is 10.7 Å². The van der Waals surface area contributed by atoms with Gasteiger partial charge in [-0.25, -0.2) is 0 Å². The highest BCUT2D eigenvalue weighted by molar-refractivity contribution is 9.09. The molecule has 0 aromatic heterocycles. The Balaban J connectivity index is 0.000000636. The minimum Gasteiger partial charge on any atom is -0.494 e. The maximum atomic E-state index is 9.30. The predicted octanol–water partition coefficient (Wildman–Crippen LogP) is 14.0. The lowest BCUT2D eigenvalue weighted by atomic mass is 9.83. The van der Waals surface area contributed by atoms with Crippen molar-refractivity contribution < 1.29 is 19.7 Å². The van der Waals surface area contributed by atoms with Gasteiger partial charge in [0.05, 0.1) is 26.4 Å². The van der Waals surface area contributed by atoms with Crippen LogP contribution in [0.5, 0.6) is 11.5 Å². The molecule has 0 bridgehead atoms. The molecular weight excluding hydrogens is 776 g/mol. The van der Waals surface area contributed by atoms with Gasteiger partial charge in [0.2, 0.25) is 0 Å². The van der Waals surface area contributed by atoms with E-state index in [2.05, 4.69) is 73.4 Å². The van der Waals surface area contributed by atoms with Crippen LogP contribution < -0.4 is 9.47 Å². The first-order chi connectivity index (χ1) is 25.3. The van der Waals surface area contributed by atoms with Gasteiger partial charge < -0.3 is 19.7 Å². The van der Waals surface area contributed by atoms with Gasteiger partial charge in [-0.05, 0) is 109 Å². The van der Waals surface area contributed by atoms with Crippen molar-refractivity contribution in [2.75, 3.05) is 23.9 Å². The van der Waals surface area contributed by atoms with Gasteiger partial charge >= 0.3 is 0 Å². The first kappa shape index (κ1) is 48.9. The maximum absolute atomic E-state index is 9.30. The summed E-state index contributed by atoms with van der Waals surface area (Å²) in [5, 5.41) is 20.9. The van der Waals surface area contributed by atoms with Gasteiger partial charge in [-0.3, -0.25) is 0 Å². The third-order valence-electron chi connectivity index (χ3n) is 11.6. The minimum atomic E-state index is 0.0503. The average Bonchev–Trinajstić information content (AvgIpc) is 3.18. The highest BCUT2D eigenvalue weighted by atomic mass is 79.9. The third kappa shape index (κ3) is 22.3. The first-order valence-electron chi connectivity index (χ1n) is 21.1. The fourth-order valence-electron chi connectivity index (χ4n) is 7.41. The number of benzene rings is 2. The summed E-state index contributed by atoms with van der Waals surface area (Å²) in [5.74, 6) is 6.68. The van der Waals surface area contributed by atoms with Gasteiger partial charge in [-0.1, -0.05) is 162 Å². The molecule has 52 heavy (non-hydrogen) atoms. The number of aliphatic hydroxyl groups is 2. The van der Waals surface area contributed by atoms with E-state index < -0.39 is 0 Å². The van der Waals surface area contributed by atoms with E-state index in [1.165, 1.54) is 101 Å². The van der Waals surface area contributed by atoms with Gasteiger partial charge in [0.25, 0.3) is 0 Å². The van der Waals surface area contributed by atoms with Crippen LogP contribution in [0.15, 0.2) is 48.5 Å². The molecule has 6 heteroatoms.